The van der Waals surface area contributed by atoms with Crippen LogP contribution in [0.5, 0.6) is 5.75 Å². The van der Waals surface area contributed by atoms with E-state index in [2.05, 4.69) is 37.8 Å². The molecule has 2 aromatic rings. The van der Waals surface area contributed by atoms with E-state index in [1.165, 1.54) is 0 Å². The van der Waals surface area contributed by atoms with E-state index in [1.807, 2.05) is 30.3 Å². The third kappa shape index (κ3) is 3.04. The van der Waals surface area contributed by atoms with Gasteiger partial charge in [0.05, 0.1) is 6.61 Å². The predicted octanol–water partition coefficient (Wildman–Crippen LogP) is 4.43. The summed E-state index contributed by atoms with van der Waals surface area (Å²) in [5.41, 5.74) is 2.30. The van der Waals surface area contributed by atoms with E-state index in [0.717, 1.165) is 34.8 Å². The maximum atomic E-state index is 5.75. The number of rotatable bonds is 4. The van der Waals surface area contributed by atoms with Crippen molar-refractivity contribution < 1.29 is 4.74 Å². The van der Waals surface area contributed by atoms with Gasteiger partial charge in [-0.3, -0.25) is 0 Å². The third-order valence-electron chi connectivity index (χ3n) is 2.53. The summed E-state index contributed by atoms with van der Waals surface area (Å²) in [7, 11) is 0. The second kappa shape index (κ2) is 5.78. The van der Waals surface area contributed by atoms with Gasteiger partial charge in [-0.15, -0.1) is 12.6 Å². The summed E-state index contributed by atoms with van der Waals surface area (Å²) in [4.78, 5) is 0.973. The van der Waals surface area contributed by atoms with Crippen LogP contribution in [0.4, 0.5) is 0 Å². The molecule has 0 amide bonds. The van der Waals surface area contributed by atoms with Crippen molar-refractivity contribution in [3.8, 4) is 16.9 Å². The molecule has 0 fully saturated rings. The molecule has 0 aliphatic carbocycles. The lowest BCUT2D eigenvalue weighted by molar-refractivity contribution is 0.318. The van der Waals surface area contributed by atoms with Gasteiger partial charge in [0.2, 0.25) is 0 Å². The van der Waals surface area contributed by atoms with Crippen molar-refractivity contribution in [2.24, 2.45) is 0 Å². The smallest absolute Gasteiger partial charge is 0.127 e. The van der Waals surface area contributed by atoms with E-state index in [-0.39, 0.29) is 0 Å². The summed E-state index contributed by atoms with van der Waals surface area (Å²) in [5.74, 6) is 0.946. The molecule has 0 saturated carbocycles. The minimum Gasteiger partial charge on any atom is -0.493 e. The van der Waals surface area contributed by atoms with E-state index in [4.69, 9.17) is 4.74 Å². The van der Waals surface area contributed by atoms with Crippen LogP contribution in [0.15, 0.2) is 53.4 Å². The van der Waals surface area contributed by atoms with Crippen LogP contribution in [-0.2, 0) is 0 Å². The van der Waals surface area contributed by atoms with Crippen LogP contribution in [0.2, 0.25) is 0 Å². The number of ether oxygens (including phenoxy) is 1. The topological polar surface area (TPSA) is 9.23 Å². The maximum Gasteiger partial charge on any atom is 0.127 e. The fourth-order valence-electron chi connectivity index (χ4n) is 1.68. The normalized spacial score (nSPS) is 10.2. The Bertz CT molecular complexity index is 477. The Kier molecular flexibility index (Phi) is 4.10. The molecule has 0 heterocycles. The summed E-state index contributed by atoms with van der Waals surface area (Å²) >= 11 is 4.30. The molecule has 0 saturated heterocycles. The number of hydrogen-bond acceptors (Lipinski definition) is 2. The van der Waals surface area contributed by atoms with Crippen LogP contribution in [0.25, 0.3) is 11.1 Å². The van der Waals surface area contributed by atoms with Crippen LogP contribution in [-0.4, -0.2) is 6.61 Å². The van der Waals surface area contributed by atoms with Gasteiger partial charge < -0.3 is 4.74 Å². The highest BCUT2D eigenvalue weighted by Gasteiger charge is 2.04. The Morgan fingerprint density at radius 3 is 2.41 bits per heavy atom. The minimum absolute atomic E-state index is 0.752. The van der Waals surface area contributed by atoms with E-state index in [9.17, 15) is 0 Å². The number of para-hydroxylation sites is 1. The van der Waals surface area contributed by atoms with Gasteiger partial charge in [0.25, 0.3) is 0 Å². The average molecular weight is 244 g/mol. The Morgan fingerprint density at radius 1 is 1.00 bits per heavy atom. The van der Waals surface area contributed by atoms with E-state index in [1.54, 1.807) is 0 Å². The van der Waals surface area contributed by atoms with Gasteiger partial charge in [0.1, 0.15) is 5.75 Å². The van der Waals surface area contributed by atoms with E-state index >= 15 is 0 Å². The summed E-state index contributed by atoms with van der Waals surface area (Å²) in [6, 6.07) is 16.2. The first-order valence-electron chi connectivity index (χ1n) is 5.82. The molecule has 0 bridgehead atoms. The van der Waals surface area contributed by atoms with Crippen molar-refractivity contribution >= 4 is 12.6 Å². The molecular weight excluding hydrogens is 228 g/mol. The van der Waals surface area contributed by atoms with Crippen molar-refractivity contribution in [1.82, 2.24) is 0 Å². The highest BCUT2D eigenvalue weighted by atomic mass is 32.1. The number of thiol groups is 1. The summed E-state index contributed by atoms with van der Waals surface area (Å²) in [5, 5.41) is 0. The van der Waals surface area contributed by atoms with Crippen molar-refractivity contribution in [1.29, 1.82) is 0 Å². The van der Waals surface area contributed by atoms with Gasteiger partial charge >= 0.3 is 0 Å². The van der Waals surface area contributed by atoms with Gasteiger partial charge in [-0.1, -0.05) is 37.3 Å². The predicted molar refractivity (Wildman–Crippen MR) is 74.9 cm³/mol. The Labute approximate surface area is 108 Å². The third-order valence-corrected chi connectivity index (χ3v) is 2.83. The lowest BCUT2D eigenvalue weighted by Gasteiger charge is -2.10. The summed E-state index contributed by atoms with van der Waals surface area (Å²) in [6.45, 7) is 2.86. The molecule has 0 atom stereocenters. The van der Waals surface area contributed by atoms with Crippen molar-refractivity contribution in [2.75, 3.05) is 6.61 Å². The van der Waals surface area contributed by atoms with Gasteiger partial charge in [-0.25, -0.2) is 0 Å². The van der Waals surface area contributed by atoms with Gasteiger partial charge in [-0.2, -0.15) is 0 Å². The molecule has 2 aromatic carbocycles. The second-order valence-electron chi connectivity index (χ2n) is 3.89. The van der Waals surface area contributed by atoms with Crippen molar-refractivity contribution in [2.45, 2.75) is 18.2 Å². The van der Waals surface area contributed by atoms with Gasteiger partial charge in [0.15, 0.2) is 0 Å². The molecule has 0 spiro atoms. The van der Waals surface area contributed by atoms with E-state index in [0.29, 0.717) is 0 Å². The molecular formula is C15H16OS. The van der Waals surface area contributed by atoms with Gasteiger partial charge in [-0.05, 0) is 30.2 Å². The summed E-state index contributed by atoms with van der Waals surface area (Å²) in [6.07, 6.45) is 1.02. The van der Waals surface area contributed by atoms with Crippen LogP contribution in [0.1, 0.15) is 13.3 Å². The number of benzene rings is 2. The Balaban J connectivity index is 2.33. The maximum absolute atomic E-state index is 5.75. The first-order valence-corrected chi connectivity index (χ1v) is 6.27. The highest BCUT2D eigenvalue weighted by Crippen LogP contribution is 2.30. The number of hydrogen-bond donors (Lipinski definition) is 1. The average Bonchev–Trinajstić information content (AvgIpc) is 2.38. The summed E-state index contributed by atoms with van der Waals surface area (Å²) < 4.78 is 5.75. The minimum atomic E-state index is 0.752. The molecule has 0 unspecified atom stereocenters. The van der Waals surface area contributed by atoms with Gasteiger partial charge in [0, 0.05) is 10.5 Å². The van der Waals surface area contributed by atoms with Crippen molar-refractivity contribution in [3.05, 3.63) is 48.5 Å². The monoisotopic (exact) mass is 244 g/mol. The van der Waals surface area contributed by atoms with Crippen LogP contribution in [0, 0.1) is 0 Å². The standard InChI is InChI=1S/C15H16OS/c1-2-11-16-15-6-4-3-5-14(15)12-7-9-13(17)10-8-12/h3-10,17H,2,11H2,1H3. The molecule has 17 heavy (non-hydrogen) atoms. The lowest BCUT2D eigenvalue weighted by Crippen LogP contribution is -1.96. The molecule has 0 aliphatic heterocycles. The Morgan fingerprint density at radius 2 is 1.71 bits per heavy atom. The van der Waals surface area contributed by atoms with E-state index < -0.39 is 0 Å². The van der Waals surface area contributed by atoms with Crippen LogP contribution >= 0.6 is 12.6 Å². The highest BCUT2D eigenvalue weighted by molar-refractivity contribution is 7.80. The second-order valence-corrected chi connectivity index (χ2v) is 4.41. The lowest BCUT2D eigenvalue weighted by atomic mass is 10.0. The quantitative estimate of drug-likeness (QED) is 0.783. The fraction of sp³-hybridized carbons (Fsp3) is 0.200. The molecule has 0 N–H and O–H groups in total. The zero-order valence-corrected chi connectivity index (χ0v) is 10.8. The zero-order chi connectivity index (χ0) is 12.1. The molecule has 2 heteroatoms. The molecule has 0 aromatic heterocycles. The Hall–Kier alpha value is -1.41. The van der Waals surface area contributed by atoms with Crippen LogP contribution < -0.4 is 4.74 Å². The molecule has 0 aliphatic rings. The first kappa shape index (κ1) is 12.1. The molecule has 1 nitrogen and oxygen atoms in total. The largest absolute Gasteiger partial charge is 0.493 e. The molecule has 0 radical (unpaired) electrons. The zero-order valence-electron chi connectivity index (χ0n) is 9.89. The van der Waals surface area contributed by atoms with Crippen LogP contribution in [0.3, 0.4) is 0 Å². The van der Waals surface area contributed by atoms with Crippen molar-refractivity contribution in [3.63, 3.8) is 0 Å². The first-order chi connectivity index (χ1) is 8.31. The fourth-order valence-corrected chi connectivity index (χ4v) is 1.83. The molecule has 2 rings (SSSR count). The SMILES string of the molecule is CCCOc1ccccc1-c1ccc(S)cc1. The molecule has 88 valence electrons.